The summed E-state index contributed by atoms with van der Waals surface area (Å²) in [6.07, 6.45) is -3.83. The summed E-state index contributed by atoms with van der Waals surface area (Å²) in [6, 6.07) is 13.4. The smallest absolute Gasteiger partial charge is 0.417 e. The number of hydrogen-bond donors (Lipinski definition) is 2. The first kappa shape index (κ1) is 30.1. The standard InChI is InChI=1S/C24H23ClF3N3O6S2/c1-3-37-19-9-7-18(8-10-19)31(38(2,33)34)15-23(32)29-16-4-11-20(12-5-16)39(35,36)30-17-6-13-22(25)21(14-17)24(26,27)28/h4-14,30H,3,15H2,1-2H3,(H,29,32). The van der Waals surface area contributed by atoms with Crippen molar-refractivity contribution in [2.24, 2.45) is 0 Å². The number of benzene rings is 3. The number of hydrogen-bond acceptors (Lipinski definition) is 6. The van der Waals surface area contributed by atoms with Crippen LogP contribution in [0.1, 0.15) is 12.5 Å². The van der Waals surface area contributed by atoms with Gasteiger partial charge in [0.05, 0.1) is 34.0 Å². The van der Waals surface area contributed by atoms with E-state index >= 15 is 0 Å². The quantitative estimate of drug-likeness (QED) is 0.337. The molecule has 9 nitrogen and oxygen atoms in total. The van der Waals surface area contributed by atoms with E-state index in [0.29, 0.717) is 18.4 Å². The minimum atomic E-state index is -4.78. The minimum Gasteiger partial charge on any atom is -0.494 e. The van der Waals surface area contributed by atoms with Crippen LogP contribution in [0.4, 0.5) is 30.2 Å². The van der Waals surface area contributed by atoms with Crippen molar-refractivity contribution in [3.63, 3.8) is 0 Å². The van der Waals surface area contributed by atoms with Crippen molar-refractivity contribution in [1.82, 2.24) is 0 Å². The SMILES string of the molecule is CCOc1ccc(N(CC(=O)Nc2ccc(S(=O)(=O)Nc3ccc(Cl)c(C(F)(F)F)c3)cc2)S(C)(=O)=O)cc1. The van der Waals surface area contributed by atoms with Crippen molar-refractivity contribution < 1.29 is 39.5 Å². The van der Waals surface area contributed by atoms with Crippen LogP contribution in [-0.4, -0.2) is 42.2 Å². The van der Waals surface area contributed by atoms with Gasteiger partial charge in [0, 0.05) is 11.4 Å². The van der Waals surface area contributed by atoms with Gasteiger partial charge in [-0.3, -0.25) is 13.8 Å². The van der Waals surface area contributed by atoms with Gasteiger partial charge in [-0.25, -0.2) is 16.8 Å². The normalized spacial score (nSPS) is 12.1. The Labute approximate surface area is 228 Å². The lowest BCUT2D eigenvalue weighted by Crippen LogP contribution is -2.37. The van der Waals surface area contributed by atoms with E-state index < -0.39 is 49.3 Å². The summed E-state index contributed by atoms with van der Waals surface area (Å²) in [5, 5.41) is 1.90. The lowest BCUT2D eigenvalue weighted by molar-refractivity contribution is -0.137. The van der Waals surface area contributed by atoms with Crippen molar-refractivity contribution in [1.29, 1.82) is 0 Å². The molecule has 0 unspecified atom stereocenters. The van der Waals surface area contributed by atoms with Gasteiger partial charge in [-0.1, -0.05) is 11.6 Å². The Balaban J connectivity index is 1.72. The molecule has 15 heteroatoms. The second-order valence-electron chi connectivity index (χ2n) is 8.07. The average molecular weight is 606 g/mol. The molecular formula is C24H23ClF3N3O6S2. The van der Waals surface area contributed by atoms with Crippen LogP contribution >= 0.6 is 11.6 Å². The molecule has 2 N–H and O–H groups in total. The van der Waals surface area contributed by atoms with E-state index in [-0.39, 0.29) is 22.0 Å². The Hall–Kier alpha value is -3.49. The molecule has 0 radical (unpaired) electrons. The lowest BCUT2D eigenvalue weighted by atomic mass is 10.2. The number of nitrogens with zero attached hydrogens (tertiary/aromatic N) is 1. The highest BCUT2D eigenvalue weighted by molar-refractivity contribution is 7.92. The molecule has 210 valence electrons. The molecule has 0 heterocycles. The number of halogens is 4. The number of sulfonamides is 2. The fourth-order valence-corrected chi connectivity index (χ4v) is 5.47. The molecule has 3 rings (SSSR count). The zero-order valence-corrected chi connectivity index (χ0v) is 22.9. The van der Waals surface area contributed by atoms with Crippen LogP contribution in [0.5, 0.6) is 5.75 Å². The third-order valence-corrected chi connectivity index (χ3v) is 7.96. The summed E-state index contributed by atoms with van der Waals surface area (Å²) < 4.78 is 97.4. The topological polar surface area (TPSA) is 122 Å². The predicted molar refractivity (Wildman–Crippen MR) is 142 cm³/mol. The molecule has 0 aliphatic carbocycles. The van der Waals surface area contributed by atoms with Crippen LogP contribution in [0, 0.1) is 0 Å². The summed E-state index contributed by atoms with van der Waals surface area (Å²) in [4.78, 5) is 12.3. The molecule has 0 aliphatic heterocycles. The highest BCUT2D eigenvalue weighted by Crippen LogP contribution is 2.36. The molecule has 0 saturated heterocycles. The van der Waals surface area contributed by atoms with E-state index in [0.717, 1.165) is 34.8 Å². The van der Waals surface area contributed by atoms with Gasteiger partial charge in [-0.05, 0) is 73.7 Å². The zero-order valence-electron chi connectivity index (χ0n) is 20.5. The van der Waals surface area contributed by atoms with Gasteiger partial charge in [0.15, 0.2) is 0 Å². The summed E-state index contributed by atoms with van der Waals surface area (Å²) in [5.41, 5.74) is -1.15. The van der Waals surface area contributed by atoms with Crippen molar-refractivity contribution in [2.75, 3.05) is 33.8 Å². The molecule has 0 bridgehead atoms. The average Bonchev–Trinajstić information content (AvgIpc) is 2.83. The Morgan fingerprint density at radius 3 is 2.08 bits per heavy atom. The van der Waals surface area contributed by atoms with Crippen molar-refractivity contribution >= 4 is 54.6 Å². The van der Waals surface area contributed by atoms with Crippen molar-refractivity contribution in [3.05, 3.63) is 77.3 Å². The van der Waals surface area contributed by atoms with E-state index in [2.05, 4.69) is 10.0 Å². The molecular weight excluding hydrogens is 583 g/mol. The minimum absolute atomic E-state index is 0.157. The first-order valence-electron chi connectivity index (χ1n) is 11.1. The zero-order chi connectivity index (χ0) is 29.0. The Morgan fingerprint density at radius 2 is 1.54 bits per heavy atom. The molecule has 0 aromatic heterocycles. The molecule has 3 aromatic carbocycles. The first-order valence-corrected chi connectivity index (χ1v) is 14.8. The van der Waals surface area contributed by atoms with Gasteiger partial charge in [-0.2, -0.15) is 13.2 Å². The van der Waals surface area contributed by atoms with Crippen LogP contribution < -0.4 is 19.1 Å². The third-order valence-electron chi connectivity index (χ3n) is 5.10. The van der Waals surface area contributed by atoms with Crippen LogP contribution in [0.2, 0.25) is 5.02 Å². The Bertz CT molecular complexity index is 1550. The Morgan fingerprint density at radius 1 is 0.949 bits per heavy atom. The number of carbonyl (C=O) groups is 1. The molecule has 39 heavy (non-hydrogen) atoms. The second-order valence-corrected chi connectivity index (χ2v) is 12.1. The maximum Gasteiger partial charge on any atom is 0.417 e. The Kier molecular flexibility index (Phi) is 9.03. The highest BCUT2D eigenvalue weighted by Gasteiger charge is 2.33. The van der Waals surface area contributed by atoms with Gasteiger partial charge < -0.3 is 10.1 Å². The summed E-state index contributed by atoms with van der Waals surface area (Å²) in [6.45, 7) is 1.66. The van der Waals surface area contributed by atoms with E-state index in [1.807, 2.05) is 0 Å². The number of ether oxygens (including phenoxy) is 1. The molecule has 0 spiro atoms. The molecule has 1 amide bonds. The largest absolute Gasteiger partial charge is 0.494 e. The fraction of sp³-hybridized carbons (Fsp3) is 0.208. The third kappa shape index (κ3) is 8.00. The monoisotopic (exact) mass is 605 g/mol. The number of rotatable bonds is 10. The predicted octanol–water partition coefficient (Wildman–Crippen LogP) is 4.96. The van der Waals surface area contributed by atoms with Gasteiger partial charge in [-0.15, -0.1) is 0 Å². The number of nitrogens with one attached hydrogen (secondary N) is 2. The van der Waals surface area contributed by atoms with Crippen LogP contribution in [0.25, 0.3) is 0 Å². The van der Waals surface area contributed by atoms with E-state index in [1.165, 1.54) is 24.3 Å². The van der Waals surface area contributed by atoms with Crippen LogP contribution in [0.3, 0.4) is 0 Å². The van der Waals surface area contributed by atoms with E-state index in [4.69, 9.17) is 16.3 Å². The second kappa shape index (κ2) is 11.7. The number of carbonyl (C=O) groups excluding carboxylic acids is 1. The maximum atomic E-state index is 13.1. The van der Waals surface area contributed by atoms with E-state index in [9.17, 15) is 34.8 Å². The summed E-state index contributed by atoms with van der Waals surface area (Å²) >= 11 is 5.56. The number of anilines is 3. The van der Waals surface area contributed by atoms with Crippen molar-refractivity contribution in [2.45, 2.75) is 18.0 Å². The summed E-state index contributed by atoms with van der Waals surface area (Å²) in [5.74, 6) is -0.176. The van der Waals surface area contributed by atoms with Gasteiger partial charge in [0.25, 0.3) is 10.0 Å². The molecule has 0 aliphatic rings. The summed E-state index contributed by atoms with van der Waals surface area (Å²) in [7, 11) is -8.12. The lowest BCUT2D eigenvalue weighted by Gasteiger charge is -2.22. The van der Waals surface area contributed by atoms with Gasteiger partial charge in [0.2, 0.25) is 15.9 Å². The molecule has 0 atom stereocenters. The van der Waals surface area contributed by atoms with Gasteiger partial charge >= 0.3 is 6.18 Å². The molecule has 0 fully saturated rings. The fourth-order valence-electron chi connectivity index (χ4n) is 3.34. The van der Waals surface area contributed by atoms with E-state index in [1.54, 1.807) is 19.1 Å². The number of amides is 1. The van der Waals surface area contributed by atoms with Crippen molar-refractivity contribution in [3.8, 4) is 5.75 Å². The van der Waals surface area contributed by atoms with Gasteiger partial charge in [0.1, 0.15) is 12.3 Å². The highest BCUT2D eigenvalue weighted by atomic mass is 35.5. The molecule has 0 saturated carbocycles. The maximum absolute atomic E-state index is 13.1. The van der Waals surface area contributed by atoms with Crippen LogP contribution in [0.15, 0.2) is 71.6 Å². The molecule has 3 aromatic rings. The number of alkyl halides is 3. The van der Waals surface area contributed by atoms with Crippen LogP contribution in [-0.2, 0) is 31.0 Å². The first-order chi connectivity index (χ1) is 18.1.